The lowest BCUT2D eigenvalue weighted by atomic mass is 9.95. The van der Waals surface area contributed by atoms with Crippen LogP contribution in [0.2, 0.25) is 0 Å². The number of nitro groups is 1. The second-order valence-corrected chi connectivity index (χ2v) is 12.8. The van der Waals surface area contributed by atoms with Crippen LogP contribution >= 0.6 is 0 Å². The first-order valence-electron chi connectivity index (χ1n) is 17.4. The number of benzene rings is 2. The summed E-state index contributed by atoms with van der Waals surface area (Å²) in [5.41, 5.74) is 2.79. The number of ether oxygens (including phenoxy) is 1. The number of aromatic nitrogens is 2. The van der Waals surface area contributed by atoms with Gasteiger partial charge in [0, 0.05) is 72.5 Å². The van der Waals surface area contributed by atoms with E-state index in [1.54, 1.807) is 23.9 Å². The fraction of sp³-hybridized carbons (Fsp3) is 0.410. The normalized spacial score (nSPS) is 13.6. The van der Waals surface area contributed by atoms with Crippen LogP contribution in [0.3, 0.4) is 0 Å². The Labute approximate surface area is 287 Å². The van der Waals surface area contributed by atoms with Gasteiger partial charge in [0.25, 0.3) is 17.5 Å². The second kappa shape index (κ2) is 16.4. The zero-order valence-corrected chi connectivity index (χ0v) is 28.8. The summed E-state index contributed by atoms with van der Waals surface area (Å²) in [4.78, 5) is 52.9. The van der Waals surface area contributed by atoms with Crippen molar-refractivity contribution in [3.63, 3.8) is 0 Å². The van der Waals surface area contributed by atoms with E-state index in [-0.39, 0.29) is 23.3 Å². The molecule has 0 bridgehead atoms. The number of hydrogen-bond donors (Lipinski definition) is 0. The Morgan fingerprint density at radius 1 is 0.776 bits per heavy atom. The van der Waals surface area contributed by atoms with Crippen molar-refractivity contribution in [2.24, 2.45) is 14.1 Å². The van der Waals surface area contributed by atoms with Crippen LogP contribution < -0.4 is 0 Å². The van der Waals surface area contributed by atoms with Gasteiger partial charge in [-0.1, -0.05) is 75.8 Å². The molecule has 10 nitrogen and oxygen atoms in total. The number of amides is 2. The van der Waals surface area contributed by atoms with Crippen molar-refractivity contribution < 1.29 is 24.0 Å². The maximum absolute atomic E-state index is 14.1. The quantitative estimate of drug-likeness (QED) is 0.0262. The summed E-state index contributed by atoms with van der Waals surface area (Å²) in [6.45, 7) is 1.73. The monoisotopic (exact) mass is 666 g/mol. The molecule has 0 aliphatic carbocycles. The first kappa shape index (κ1) is 35.3. The van der Waals surface area contributed by atoms with Crippen molar-refractivity contribution in [1.29, 1.82) is 0 Å². The van der Waals surface area contributed by atoms with E-state index in [0.29, 0.717) is 28.5 Å². The molecule has 0 unspecified atom stereocenters. The van der Waals surface area contributed by atoms with E-state index in [4.69, 9.17) is 4.74 Å². The van der Waals surface area contributed by atoms with Crippen LogP contribution in [0.4, 0.5) is 5.69 Å². The summed E-state index contributed by atoms with van der Waals surface area (Å²) >= 11 is 0. The molecular formula is C39H46N4O6. The number of nitrogens with zero attached hydrogens (tertiary/aromatic N) is 4. The molecule has 0 saturated carbocycles. The minimum Gasteiger partial charge on any atom is -0.444 e. The largest absolute Gasteiger partial charge is 0.444 e. The van der Waals surface area contributed by atoms with Crippen molar-refractivity contribution in [2.45, 2.75) is 84.0 Å². The topological polar surface area (TPSA) is 117 Å². The van der Waals surface area contributed by atoms with Crippen molar-refractivity contribution in [1.82, 2.24) is 14.0 Å². The molecule has 3 heterocycles. The summed E-state index contributed by atoms with van der Waals surface area (Å²) < 4.78 is 9.10. The average Bonchev–Trinajstić information content (AvgIpc) is 3.68. The maximum Gasteiger partial charge on any atom is 0.307 e. The van der Waals surface area contributed by atoms with Crippen molar-refractivity contribution in [3.8, 4) is 0 Å². The number of allylic oxidation sites excluding steroid dienone is 2. The molecule has 1 aliphatic heterocycles. The fourth-order valence-corrected chi connectivity index (χ4v) is 6.61. The number of aryl methyl sites for hydroxylation is 2. The van der Waals surface area contributed by atoms with Gasteiger partial charge in [0.2, 0.25) is 0 Å². The lowest BCUT2D eigenvalue weighted by molar-refractivity contribution is -0.384. The van der Waals surface area contributed by atoms with E-state index in [2.05, 4.69) is 19.1 Å². The van der Waals surface area contributed by atoms with Gasteiger partial charge in [-0.2, -0.15) is 0 Å². The van der Waals surface area contributed by atoms with Crippen LogP contribution in [-0.2, 0) is 33.2 Å². The molecule has 10 heteroatoms. The van der Waals surface area contributed by atoms with E-state index in [1.165, 1.54) is 37.8 Å². The van der Waals surface area contributed by atoms with Gasteiger partial charge in [0.1, 0.15) is 0 Å². The smallest absolute Gasteiger partial charge is 0.307 e. The zero-order valence-electron chi connectivity index (χ0n) is 28.8. The Kier molecular flexibility index (Phi) is 11.8. The van der Waals surface area contributed by atoms with E-state index in [1.807, 2.05) is 42.1 Å². The third kappa shape index (κ3) is 8.01. The summed E-state index contributed by atoms with van der Waals surface area (Å²) in [7, 11) is 3.61. The number of para-hydroxylation sites is 1. The lowest BCUT2D eigenvalue weighted by Crippen LogP contribution is -2.34. The number of esters is 1. The van der Waals surface area contributed by atoms with Gasteiger partial charge in [0.05, 0.1) is 21.6 Å². The number of non-ortho nitro benzene ring substituents is 1. The Hall–Kier alpha value is -4.99. The molecule has 258 valence electrons. The molecule has 2 aromatic carbocycles. The minimum absolute atomic E-state index is 0.0773. The van der Waals surface area contributed by atoms with Crippen LogP contribution in [0.25, 0.3) is 33.0 Å². The number of carbonyl (C=O) groups is 3. The van der Waals surface area contributed by atoms with Gasteiger partial charge >= 0.3 is 5.97 Å². The van der Waals surface area contributed by atoms with Crippen LogP contribution in [-0.4, -0.2) is 43.5 Å². The minimum atomic E-state index is -0.582. The van der Waals surface area contributed by atoms with Gasteiger partial charge in [-0.15, -0.1) is 0 Å². The zero-order chi connectivity index (χ0) is 34.9. The van der Waals surface area contributed by atoms with Gasteiger partial charge in [-0.25, -0.2) is 4.90 Å². The first-order valence-corrected chi connectivity index (χ1v) is 17.4. The molecule has 0 radical (unpaired) electrons. The van der Waals surface area contributed by atoms with E-state index < -0.39 is 29.4 Å². The molecule has 2 amide bonds. The molecule has 1 aliphatic rings. The predicted octanol–water partition coefficient (Wildman–Crippen LogP) is 8.62. The summed E-state index contributed by atoms with van der Waals surface area (Å²) in [6.07, 6.45) is 20.6. The summed E-state index contributed by atoms with van der Waals surface area (Å²) in [6, 6.07) is 12.0. The number of carbonyl (C=O) groups excluding carboxylic acids is 3. The van der Waals surface area contributed by atoms with Crippen molar-refractivity contribution in [2.75, 3.05) is 6.73 Å². The van der Waals surface area contributed by atoms with Gasteiger partial charge in [-0.05, 0) is 44.2 Å². The molecule has 0 N–H and O–H groups in total. The molecule has 49 heavy (non-hydrogen) atoms. The highest BCUT2D eigenvalue weighted by atomic mass is 16.6. The standard InChI is InChI=1S/C39H46N4O6/c1-4-5-6-7-8-9-10-11-12-13-14-15-16-21-35(44)49-27-42-38(45)36(31-25-40(2)33-20-18-17-19-29(31)33)37(39(42)46)32-26-41(3)34-24-28(43(47)48)22-23-30(32)34/h9-10,17-20,22-26H,4-8,11-16,21,27H2,1-3H3. The highest BCUT2D eigenvalue weighted by Gasteiger charge is 2.42. The highest BCUT2D eigenvalue weighted by molar-refractivity contribution is 6.50. The lowest BCUT2D eigenvalue weighted by Gasteiger charge is -2.15. The maximum atomic E-state index is 14.1. The first-order chi connectivity index (χ1) is 23.7. The Morgan fingerprint density at radius 3 is 2.00 bits per heavy atom. The predicted molar refractivity (Wildman–Crippen MR) is 192 cm³/mol. The molecule has 0 spiro atoms. The molecule has 5 rings (SSSR count). The number of unbranched alkanes of at least 4 members (excludes halogenated alkanes) is 9. The summed E-state index contributed by atoms with van der Waals surface area (Å²) in [5, 5.41) is 12.9. The molecule has 4 aromatic rings. The highest BCUT2D eigenvalue weighted by Crippen LogP contribution is 2.42. The van der Waals surface area contributed by atoms with Crippen LogP contribution in [0.1, 0.15) is 95.1 Å². The van der Waals surface area contributed by atoms with Crippen LogP contribution in [0.15, 0.2) is 67.0 Å². The Bertz CT molecular complexity index is 1910. The number of fused-ring (bicyclic) bond motifs is 2. The van der Waals surface area contributed by atoms with E-state index >= 15 is 0 Å². The van der Waals surface area contributed by atoms with Gasteiger partial charge in [-0.3, -0.25) is 24.5 Å². The van der Waals surface area contributed by atoms with E-state index in [9.17, 15) is 24.5 Å². The second-order valence-electron chi connectivity index (χ2n) is 12.8. The Balaban J connectivity index is 1.25. The average molecular weight is 667 g/mol. The van der Waals surface area contributed by atoms with E-state index in [0.717, 1.165) is 54.3 Å². The molecule has 0 fully saturated rings. The fourth-order valence-electron chi connectivity index (χ4n) is 6.61. The van der Waals surface area contributed by atoms with Crippen LogP contribution in [0, 0.1) is 10.1 Å². The number of hydrogen-bond acceptors (Lipinski definition) is 6. The third-order valence-corrected chi connectivity index (χ3v) is 9.29. The molecule has 0 atom stereocenters. The SMILES string of the molecule is CCCCCCC=CCCCCCCCC(=O)OCN1C(=O)C(c2cn(C)c3ccccc23)=C(c2cn(C)c3cc([N+](=O)[O-])ccc23)C1=O. The molecular weight excluding hydrogens is 620 g/mol. The molecule has 0 saturated heterocycles. The number of imide groups is 1. The van der Waals surface area contributed by atoms with Crippen molar-refractivity contribution >= 4 is 56.4 Å². The third-order valence-electron chi connectivity index (χ3n) is 9.29. The van der Waals surface area contributed by atoms with Gasteiger partial charge in [0.15, 0.2) is 6.73 Å². The van der Waals surface area contributed by atoms with Crippen LogP contribution in [0.5, 0.6) is 0 Å². The number of rotatable bonds is 18. The summed E-state index contributed by atoms with van der Waals surface area (Å²) in [5.74, 6) is -1.59. The number of nitro benzene ring substituents is 1. The van der Waals surface area contributed by atoms with Crippen molar-refractivity contribution in [3.05, 3.63) is 88.3 Å². The molecule has 2 aromatic heterocycles. The Morgan fingerprint density at radius 2 is 1.35 bits per heavy atom. The van der Waals surface area contributed by atoms with Gasteiger partial charge < -0.3 is 13.9 Å².